The highest BCUT2D eigenvalue weighted by Gasteiger charge is 2.12. The Bertz CT molecular complexity index is 884. The number of alkyl carbamates (subject to hydrolysis) is 2. The Morgan fingerprint density at radius 2 is 1.69 bits per heavy atom. The summed E-state index contributed by atoms with van der Waals surface area (Å²) in [7, 11) is 0. The maximum absolute atomic E-state index is 11.9. The van der Waals surface area contributed by atoms with Crippen LogP contribution in [-0.2, 0) is 41.5 Å². The van der Waals surface area contributed by atoms with Crippen molar-refractivity contribution in [3.63, 3.8) is 0 Å². The van der Waals surface area contributed by atoms with E-state index in [4.69, 9.17) is 18.9 Å². The number of rotatable bonds is 15. The number of carbonyl (C=O) groups excluding carboxylic acids is 4. The molecule has 2 N–H and O–H groups in total. The summed E-state index contributed by atoms with van der Waals surface area (Å²) < 4.78 is 20.0. The summed E-state index contributed by atoms with van der Waals surface area (Å²) in [5.74, 6) is -1.01. The van der Waals surface area contributed by atoms with Crippen molar-refractivity contribution < 1.29 is 38.1 Å². The van der Waals surface area contributed by atoms with Crippen LogP contribution >= 0.6 is 0 Å². The Balaban J connectivity index is 2.23. The lowest BCUT2D eigenvalue weighted by Gasteiger charge is -2.14. The molecule has 10 heteroatoms. The minimum absolute atomic E-state index is 0.0538. The summed E-state index contributed by atoms with van der Waals surface area (Å²) in [4.78, 5) is 46.0. The van der Waals surface area contributed by atoms with Crippen LogP contribution in [0.4, 0.5) is 9.59 Å². The smallest absolute Gasteiger partial charge is 0.407 e. The molecular weight excluding hydrogens is 456 g/mol. The van der Waals surface area contributed by atoms with Gasteiger partial charge in [0.15, 0.2) is 0 Å². The van der Waals surface area contributed by atoms with Crippen molar-refractivity contribution in [3.05, 3.63) is 60.2 Å². The number of amides is 2. The summed E-state index contributed by atoms with van der Waals surface area (Å²) in [5, 5.41) is 5.32. The quantitative estimate of drug-likeness (QED) is 0.166. The van der Waals surface area contributed by atoms with Crippen molar-refractivity contribution in [2.45, 2.75) is 45.8 Å². The van der Waals surface area contributed by atoms with Crippen molar-refractivity contribution in [1.29, 1.82) is 0 Å². The topological polar surface area (TPSA) is 129 Å². The molecule has 0 aliphatic heterocycles. The predicted octanol–water partition coefficient (Wildman–Crippen LogP) is 3.20. The first-order chi connectivity index (χ1) is 16.7. The normalized spacial score (nSPS) is 10.9. The molecule has 1 atom stereocenters. The molecule has 0 fully saturated rings. The van der Waals surface area contributed by atoms with Gasteiger partial charge in [-0.2, -0.15) is 0 Å². The third kappa shape index (κ3) is 14.1. The molecule has 1 aromatic carbocycles. The summed E-state index contributed by atoms with van der Waals surface area (Å²) in [6, 6.07) is 7.56. The van der Waals surface area contributed by atoms with E-state index < -0.39 is 30.2 Å². The van der Waals surface area contributed by atoms with Gasteiger partial charge in [0, 0.05) is 24.7 Å². The van der Waals surface area contributed by atoms with Crippen molar-refractivity contribution >= 4 is 24.1 Å². The number of hydrogen-bond donors (Lipinski definition) is 2. The minimum atomic E-state index is -0.608. The maximum atomic E-state index is 11.9. The van der Waals surface area contributed by atoms with Crippen LogP contribution in [0.5, 0.6) is 0 Å². The van der Waals surface area contributed by atoms with Gasteiger partial charge in [0.25, 0.3) is 0 Å². The van der Waals surface area contributed by atoms with E-state index in [1.54, 1.807) is 6.92 Å². The maximum Gasteiger partial charge on any atom is 0.407 e. The third-order valence-corrected chi connectivity index (χ3v) is 4.40. The molecule has 0 spiro atoms. The van der Waals surface area contributed by atoms with E-state index in [1.807, 2.05) is 24.3 Å². The number of nitrogens with one attached hydrogen (secondary N) is 2. The van der Waals surface area contributed by atoms with Gasteiger partial charge in [-0.25, -0.2) is 19.2 Å². The fourth-order valence-corrected chi connectivity index (χ4v) is 2.60. The third-order valence-electron chi connectivity index (χ3n) is 4.40. The Labute approximate surface area is 205 Å². The van der Waals surface area contributed by atoms with Gasteiger partial charge < -0.3 is 29.6 Å². The standard InChI is InChI=1S/C25H34N2O8/c1-5-22(28)32-13-6-7-14-33-24(30)27-16-21-10-8-9-20(15-21)11-12-26-25(31)35-19(4)17-34-23(29)18(2)3/h5,8-10,15,19H,1-2,6-7,11-14,16-17H2,3-4H3,(H,26,31)(H,27,30). The zero-order valence-electron chi connectivity index (χ0n) is 20.3. The first-order valence-corrected chi connectivity index (χ1v) is 11.3. The number of carbonyl (C=O) groups is 4. The second-order valence-corrected chi connectivity index (χ2v) is 7.66. The summed E-state index contributed by atoms with van der Waals surface area (Å²) >= 11 is 0. The summed E-state index contributed by atoms with van der Waals surface area (Å²) in [6.07, 6.45) is 1.07. The highest BCUT2D eigenvalue weighted by molar-refractivity contribution is 5.86. The average molecular weight is 491 g/mol. The first kappa shape index (κ1) is 29.2. The monoisotopic (exact) mass is 490 g/mol. The zero-order chi connectivity index (χ0) is 26.1. The lowest BCUT2D eigenvalue weighted by Crippen LogP contribution is -2.31. The van der Waals surface area contributed by atoms with Crippen molar-refractivity contribution in [2.24, 2.45) is 0 Å². The van der Waals surface area contributed by atoms with E-state index in [0.717, 1.165) is 17.2 Å². The van der Waals surface area contributed by atoms with Crippen LogP contribution in [-0.4, -0.2) is 56.6 Å². The van der Waals surface area contributed by atoms with Crippen LogP contribution in [0.15, 0.2) is 49.1 Å². The van der Waals surface area contributed by atoms with Crippen LogP contribution in [0.25, 0.3) is 0 Å². The molecule has 0 aliphatic rings. The fraction of sp³-hybridized carbons (Fsp3) is 0.440. The minimum Gasteiger partial charge on any atom is -0.463 e. The van der Waals surface area contributed by atoms with E-state index in [0.29, 0.717) is 32.4 Å². The molecule has 0 radical (unpaired) electrons. The summed E-state index contributed by atoms with van der Waals surface area (Å²) in [6.45, 7) is 11.0. The largest absolute Gasteiger partial charge is 0.463 e. The molecule has 0 saturated carbocycles. The van der Waals surface area contributed by atoms with E-state index in [-0.39, 0.29) is 25.4 Å². The van der Waals surface area contributed by atoms with Crippen LogP contribution < -0.4 is 10.6 Å². The zero-order valence-corrected chi connectivity index (χ0v) is 20.3. The molecule has 0 saturated heterocycles. The highest BCUT2D eigenvalue weighted by Crippen LogP contribution is 2.06. The number of esters is 2. The SMILES string of the molecule is C=CC(=O)OCCCCOC(=O)NCc1cccc(CCNC(=O)OC(C)COC(=O)C(=C)C)c1. The molecule has 35 heavy (non-hydrogen) atoms. The van der Waals surface area contributed by atoms with Gasteiger partial charge in [-0.15, -0.1) is 0 Å². The van der Waals surface area contributed by atoms with Crippen LogP contribution in [0.2, 0.25) is 0 Å². The highest BCUT2D eigenvalue weighted by atomic mass is 16.6. The molecule has 1 unspecified atom stereocenters. The Morgan fingerprint density at radius 1 is 1.00 bits per heavy atom. The Morgan fingerprint density at radius 3 is 2.37 bits per heavy atom. The molecule has 2 amide bonds. The van der Waals surface area contributed by atoms with Crippen molar-refractivity contribution in [2.75, 3.05) is 26.4 Å². The van der Waals surface area contributed by atoms with Gasteiger partial charge >= 0.3 is 24.1 Å². The number of ether oxygens (including phenoxy) is 4. The van der Waals surface area contributed by atoms with E-state index >= 15 is 0 Å². The molecule has 0 aliphatic carbocycles. The molecular formula is C25H34N2O8. The van der Waals surface area contributed by atoms with E-state index in [1.165, 1.54) is 6.92 Å². The molecule has 0 aromatic heterocycles. The lowest BCUT2D eigenvalue weighted by atomic mass is 10.1. The molecule has 1 aromatic rings. The lowest BCUT2D eigenvalue weighted by molar-refractivity contribution is -0.141. The predicted molar refractivity (Wildman–Crippen MR) is 128 cm³/mol. The van der Waals surface area contributed by atoms with Crippen LogP contribution in [0.3, 0.4) is 0 Å². The summed E-state index contributed by atoms with van der Waals surface area (Å²) in [5.41, 5.74) is 2.12. The number of hydrogen-bond acceptors (Lipinski definition) is 8. The molecule has 192 valence electrons. The molecule has 10 nitrogen and oxygen atoms in total. The van der Waals surface area contributed by atoms with Gasteiger partial charge in [-0.1, -0.05) is 37.4 Å². The number of benzene rings is 1. The second-order valence-electron chi connectivity index (χ2n) is 7.66. The van der Waals surface area contributed by atoms with Gasteiger partial charge in [0.1, 0.15) is 12.7 Å². The van der Waals surface area contributed by atoms with Crippen LogP contribution in [0.1, 0.15) is 37.8 Å². The molecule has 1 rings (SSSR count). The fourth-order valence-electron chi connectivity index (χ4n) is 2.60. The van der Waals surface area contributed by atoms with E-state index in [2.05, 4.69) is 23.8 Å². The van der Waals surface area contributed by atoms with Crippen molar-refractivity contribution in [1.82, 2.24) is 10.6 Å². The van der Waals surface area contributed by atoms with Gasteiger partial charge in [-0.05, 0) is 44.2 Å². The molecule has 0 heterocycles. The molecule has 0 bridgehead atoms. The van der Waals surface area contributed by atoms with Gasteiger partial charge in [-0.3, -0.25) is 0 Å². The Hall–Kier alpha value is -3.82. The van der Waals surface area contributed by atoms with Gasteiger partial charge in [0.2, 0.25) is 0 Å². The first-order valence-electron chi connectivity index (χ1n) is 11.3. The second kappa shape index (κ2) is 16.7. The van der Waals surface area contributed by atoms with Crippen LogP contribution in [0, 0.1) is 0 Å². The van der Waals surface area contributed by atoms with Gasteiger partial charge in [0.05, 0.1) is 13.2 Å². The number of unbranched alkanes of at least 4 members (excludes halogenated alkanes) is 1. The van der Waals surface area contributed by atoms with E-state index in [9.17, 15) is 19.2 Å². The van der Waals surface area contributed by atoms with Crippen molar-refractivity contribution in [3.8, 4) is 0 Å². The Kier molecular flexibility index (Phi) is 14.0. The average Bonchev–Trinajstić information content (AvgIpc) is 2.83.